The number of hydrogen-bond acceptors (Lipinski definition) is 2. The molecule has 2 N–H and O–H groups in total. The molecule has 0 bridgehead atoms. The molecule has 90 valence electrons. The molecule has 2 unspecified atom stereocenters. The third-order valence-corrected chi connectivity index (χ3v) is 3.38. The Morgan fingerprint density at radius 2 is 2.00 bits per heavy atom. The number of benzene rings is 1. The van der Waals surface area contributed by atoms with E-state index in [0.29, 0.717) is 10.0 Å². The molecule has 0 heterocycles. The smallest absolute Gasteiger partial charge is 0.0639 e. The fraction of sp³-hybridized carbons (Fsp3) is 0.500. The van der Waals surface area contributed by atoms with Gasteiger partial charge in [-0.2, -0.15) is 0 Å². The molecule has 2 atom stereocenters. The van der Waals surface area contributed by atoms with E-state index in [-0.39, 0.29) is 18.7 Å². The molecule has 1 aromatic rings. The maximum absolute atomic E-state index is 8.83. The Hall–Kier alpha value is -0.280. The van der Waals surface area contributed by atoms with Gasteiger partial charge >= 0.3 is 0 Å². The van der Waals surface area contributed by atoms with E-state index in [1.807, 2.05) is 26.0 Å². The molecule has 0 radical (unpaired) electrons. The predicted molar refractivity (Wildman–Crippen MR) is 69.2 cm³/mol. The second-order valence-electron chi connectivity index (χ2n) is 3.94. The quantitative estimate of drug-likeness (QED) is 0.852. The minimum atomic E-state index is 0.118. The first-order chi connectivity index (χ1) is 7.56. The van der Waals surface area contributed by atoms with Gasteiger partial charge < -0.3 is 10.4 Å². The summed E-state index contributed by atoms with van der Waals surface area (Å²) in [5.74, 6) is 0. The molecule has 1 rings (SSSR count). The van der Waals surface area contributed by atoms with Crippen molar-refractivity contribution in [2.75, 3.05) is 6.61 Å². The monoisotopic (exact) mass is 261 g/mol. The van der Waals surface area contributed by atoms with Crippen LogP contribution in [0.25, 0.3) is 0 Å². The molecule has 0 spiro atoms. The van der Waals surface area contributed by atoms with Gasteiger partial charge in [0.15, 0.2) is 0 Å². The number of rotatable bonds is 5. The summed E-state index contributed by atoms with van der Waals surface area (Å²) in [6.45, 7) is 4.25. The van der Waals surface area contributed by atoms with E-state index in [2.05, 4.69) is 5.32 Å². The Morgan fingerprint density at radius 1 is 1.31 bits per heavy atom. The van der Waals surface area contributed by atoms with Crippen molar-refractivity contribution in [3.63, 3.8) is 0 Å². The maximum atomic E-state index is 8.83. The SMILES string of the molecule is CC(CCO)NC(C)c1cccc(Cl)c1Cl. The van der Waals surface area contributed by atoms with Crippen LogP contribution in [0.5, 0.6) is 0 Å². The number of aliphatic hydroxyl groups excluding tert-OH is 1. The summed E-state index contributed by atoms with van der Waals surface area (Å²) in [5, 5.41) is 13.4. The average molecular weight is 262 g/mol. The van der Waals surface area contributed by atoms with Gasteiger partial charge in [-0.15, -0.1) is 0 Å². The lowest BCUT2D eigenvalue weighted by Gasteiger charge is -2.21. The molecule has 2 nitrogen and oxygen atoms in total. The topological polar surface area (TPSA) is 32.3 Å². The summed E-state index contributed by atoms with van der Waals surface area (Å²) >= 11 is 12.1. The van der Waals surface area contributed by atoms with Crippen LogP contribution < -0.4 is 5.32 Å². The Labute approximate surface area is 107 Å². The molecule has 0 aliphatic carbocycles. The predicted octanol–water partition coefficient (Wildman–Crippen LogP) is 3.41. The first-order valence-corrected chi connectivity index (χ1v) is 6.12. The van der Waals surface area contributed by atoms with Crippen molar-refractivity contribution in [2.45, 2.75) is 32.4 Å². The van der Waals surface area contributed by atoms with E-state index in [0.717, 1.165) is 12.0 Å². The van der Waals surface area contributed by atoms with Crippen LogP contribution in [-0.4, -0.2) is 17.8 Å². The summed E-state index contributed by atoms with van der Waals surface area (Å²) in [5.41, 5.74) is 0.985. The third kappa shape index (κ3) is 3.63. The van der Waals surface area contributed by atoms with Gasteiger partial charge in [-0.3, -0.25) is 0 Å². The third-order valence-electron chi connectivity index (χ3n) is 2.54. The molecule has 0 saturated heterocycles. The van der Waals surface area contributed by atoms with Crippen LogP contribution in [0.1, 0.15) is 31.9 Å². The first-order valence-electron chi connectivity index (χ1n) is 5.37. The van der Waals surface area contributed by atoms with Crippen LogP contribution in [0, 0.1) is 0 Å². The van der Waals surface area contributed by atoms with Crippen LogP contribution in [0.15, 0.2) is 18.2 Å². The molecule has 0 fully saturated rings. The highest BCUT2D eigenvalue weighted by atomic mass is 35.5. The fourth-order valence-electron chi connectivity index (χ4n) is 1.65. The average Bonchev–Trinajstić information content (AvgIpc) is 2.22. The summed E-state index contributed by atoms with van der Waals surface area (Å²) in [6.07, 6.45) is 0.725. The molecular weight excluding hydrogens is 245 g/mol. The highest BCUT2D eigenvalue weighted by molar-refractivity contribution is 6.42. The fourth-order valence-corrected chi connectivity index (χ4v) is 2.12. The summed E-state index contributed by atoms with van der Waals surface area (Å²) in [6, 6.07) is 5.98. The van der Waals surface area contributed by atoms with E-state index < -0.39 is 0 Å². The highest BCUT2D eigenvalue weighted by Gasteiger charge is 2.13. The Morgan fingerprint density at radius 3 is 2.62 bits per heavy atom. The maximum Gasteiger partial charge on any atom is 0.0639 e. The molecule has 1 aromatic carbocycles. The van der Waals surface area contributed by atoms with Crippen molar-refractivity contribution < 1.29 is 5.11 Å². The van der Waals surface area contributed by atoms with Gasteiger partial charge in [-0.05, 0) is 31.9 Å². The zero-order valence-corrected chi connectivity index (χ0v) is 11.0. The van der Waals surface area contributed by atoms with Crippen molar-refractivity contribution in [1.29, 1.82) is 0 Å². The molecule has 0 amide bonds. The van der Waals surface area contributed by atoms with Crippen molar-refractivity contribution in [3.05, 3.63) is 33.8 Å². The van der Waals surface area contributed by atoms with Gasteiger partial charge in [0.25, 0.3) is 0 Å². The minimum Gasteiger partial charge on any atom is -0.396 e. The lowest BCUT2D eigenvalue weighted by Crippen LogP contribution is -2.29. The van der Waals surface area contributed by atoms with E-state index in [1.165, 1.54) is 0 Å². The first kappa shape index (κ1) is 13.8. The van der Waals surface area contributed by atoms with Crippen LogP contribution >= 0.6 is 23.2 Å². The largest absolute Gasteiger partial charge is 0.396 e. The Balaban J connectivity index is 2.72. The molecular formula is C12H17Cl2NO. The van der Waals surface area contributed by atoms with Crippen molar-refractivity contribution in [2.24, 2.45) is 0 Å². The number of nitrogens with one attached hydrogen (secondary N) is 1. The molecule has 0 aliphatic heterocycles. The molecule has 0 aliphatic rings. The van der Waals surface area contributed by atoms with Crippen molar-refractivity contribution >= 4 is 23.2 Å². The van der Waals surface area contributed by atoms with Crippen LogP contribution in [0.4, 0.5) is 0 Å². The Bertz CT molecular complexity index is 344. The van der Waals surface area contributed by atoms with E-state index in [1.54, 1.807) is 6.07 Å². The second kappa shape index (κ2) is 6.45. The lowest BCUT2D eigenvalue weighted by atomic mass is 10.1. The van der Waals surface area contributed by atoms with Gasteiger partial charge in [0.05, 0.1) is 10.0 Å². The minimum absolute atomic E-state index is 0.118. The van der Waals surface area contributed by atoms with Gasteiger partial charge in [-0.25, -0.2) is 0 Å². The molecule has 0 aromatic heterocycles. The van der Waals surface area contributed by atoms with Gasteiger partial charge in [-0.1, -0.05) is 35.3 Å². The standard InChI is InChI=1S/C12H17Cl2NO/c1-8(6-7-16)15-9(2)10-4-3-5-11(13)12(10)14/h3-5,8-9,15-16H,6-7H2,1-2H3. The van der Waals surface area contributed by atoms with E-state index in [9.17, 15) is 0 Å². The molecule has 16 heavy (non-hydrogen) atoms. The van der Waals surface area contributed by atoms with Crippen LogP contribution in [0.2, 0.25) is 10.0 Å². The lowest BCUT2D eigenvalue weighted by molar-refractivity contribution is 0.264. The zero-order chi connectivity index (χ0) is 12.1. The Kier molecular flexibility index (Phi) is 5.56. The normalized spacial score (nSPS) is 14.8. The van der Waals surface area contributed by atoms with Gasteiger partial charge in [0.2, 0.25) is 0 Å². The summed E-state index contributed by atoms with van der Waals surface area (Å²) in [4.78, 5) is 0. The van der Waals surface area contributed by atoms with E-state index in [4.69, 9.17) is 28.3 Å². The molecule has 0 saturated carbocycles. The number of halogens is 2. The van der Waals surface area contributed by atoms with Crippen molar-refractivity contribution in [1.82, 2.24) is 5.32 Å². The second-order valence-corrected chi connectivity index (χ2v) is 4.73. The number of aliphatic hydroxyl groups is 1. The van der Waals surface area contributed by atoms with Crippen molar-refractivity contribution in [3.8, 4) is 0 Å². The summed E-state index contributed by atoms with van der Waals surface area (Å²) in [7, 11) is 0. The van der Waals surface area contributed by atoms with Crippen LogP contribution in [0.3, 0.4) is 0 Å². The number of hydrogen-bond donors (Lipinski definition) is 2. The van der Waals surface area contributed by atoms with Gasteiger partial charge in [0, 0.05) is 18.7 Å². The molecule has 4 heteroatoms. The zero-order valence-electron chi connectivity index (χ0n) is 9.50. The summed E-state index contributed by atoms with van der Waals surface area (Å²) < 4.78 is 0. The van der Waals surface area contributed by atoms with E-state index >= 15 is 0 Å². The van der Waals surface area contributed by atoms with Crippen LogP contribution in [-0.2, 0) is 0 Å². The highest BCUT2D eigenvalue weighted by Crippen LogP contribution is 2.29. The van der Waals surface area contributed by atoms with Gasteiger partial charge in [0.1, 0.15) is 0 Å².